The van der Waals surface area contributed by atoms with Gasteiger partial charge in [0, 0.05) is 19.3 Å². The molecule has 92 valence electrons. The van der Waals surface area contributed by atoms with Crippen molar-refractivity contribution in [3.63, 3.8) is 0 Å². The molecule has 1 aliphatic rings. The molecule has 0 radical (unpaired) electrons. The van der Waals surface area contributed by atoms with Crippen LogP contribution in [0.2, 0.25) is 0 Å². The van der Waals surface area contributed by atoms with Gasteiger partial charge in [-0.1, -0.05) is 11.6 Å². The fraction of sp³-hybridized carbons (Fsp3) is 0.462. The van der Waals surface area contributed by atoms with E-state index < -0.39 is 0 Å². The van der Waals surface area contributed by atoms with Crippen LogP contribution < -0.4 is 15.4 Å². The fourth-order valence-corrected chi connectivity index (χ4v) is 1.93. The molecule has 4 heteroatoms. The van der Waals surface area contributed by atoms with Crippen LogP contribution in [0.3, 0.4) is 0 Å². The highest BCUT2D eigenvalue weighted by Crippen LogP contribution is 2.20. The lowest BCUT2D eigenvalue weighted by molar-refractivity contribution is 0.415. The molecule has 17 heavy (non-hydrogen) atoms. The number of pyridine rings is 1. The van der Waals surface area contributed by atoms with Crippen molar-refractivity contribution in [3.05, 3.63) is 30.0 Å². The summed E-state index contributed by atoms with van der Waals surface area (Å²) in [5.74, 6) is 1.62. The van der Waals surface area contributed by atoms with Crippen LogP contribution in [0.5, 0.6) is 5.75 Å². The maximum Gasteiger partial charge on any atom is 0.168 e. The zero-order valence-electron chi connectivity index (χ0n) is 10.2. The van der Waals surface area contributed by atoms with Crippen LogP contribution in [0.25, 0.3) is 0 Å². The quantitative estimate of drug-likeness (QED) is 0.761. The molecular formula is C13H19N3O. The summed E-state index contributed by atoms with van der Waals surface area (Å²) in [4.78, 5) is 4.26. The smallest absolute Gasteiger partial charge is 0.168 e. The van der Waals surface area contributed by atoms with Crippen LogP contribution in [0.1, 0.15) is 12.8 Å². The summed E-state index contributed by atoms with van der Waals surface area (Å²) in [7, 11) is 1.66. The van der Waals surface area contributed by atoms with Crippen LogP contribution >= 0.6 is 0 Å². The number of aromatic nitrogens is 1. The molecule has 1 aliphatic heterocycles. The lowest BCUT2D eigenvalue weighted by atomic mass is 10.1. The van der Waals surface area contributed by atoms with Crippen molar-refractivity contribution in [1.82, 2.24) is 10.3 Å². The number of nitrogens with one attached hydrogen (secondary N) is 2. The lowest BCUT2D eigenvalue weighted by Gasteiger charge is -2.15. The molecule has 0 saturated heterocycles. The number of hydrogen-bond donors (Lipinski definition) is 2. The maximum atomic E-state index is 5.24. The van der Waals surface area contributed by atoms with E-state index in [1.165, 1.54) is 5.57 Å². The topological polar surface area (TPSA) is 46.2 Å². The van der Waals surface area contributed by atoms with Gasteiger partial charge < -0.3 is 15.4 Å². The van der Waals surface area contributed by atoms with Gasteiger partial charge >= 0.3 is 0 Å². The Morgan fingerprint density at radius 2 is 2.47 bits per heavy atom. The highest BCUT2D eigenvalue weighted by Gasteiger charge is 2.04. The number of rotatable bonds is 5. The van der Waals surface area contributed by atoms with Crippen LogP contribution in [0.4, 0.5) is 5.82 Å². The average Bonchev–Trinajstić information content (AvgIpc) is 2.40. The van der Waals surface area contributed by atoms with Crippen LogP contribution in [0, 0.1) is 0 Å². The second kappa shape index (κ2) is 6.25. The van der Waals surface area contributed by atoms with Crippen LogP contribution in [0.15, 0.2) is 30.0 Å². The van der Waals surface area contributed by atoms with E-state index in [1.54, 1.807) is 13.3 Å². The zero-order valence-corrected chi connectivity index (χ0v) is 10.2. The van der Waals surface area contributed by atoms with Gasteiger partial charge in [0.05, 0.1) is 7.11 Å². The Morgan fingerprint density at radius 1 is 1.53 bits per heavy atom. The van der Waals surface area contributed by atoms with Crippen molar-refractivity contribution in [1.29, 1.82) is 0 Å². The summed E-state index contributed by atoms with van der Waals surface area (Å²) in [5, 5.41) is 6.63. The van der Waals surface area contributed by atoms with Gasteiger partial charge in [-0.3, -0.25) is 0 Å². The van der Waals surface area contributed by atoms with E-state index in [0.29, 0.717) is 0 Å². The summed E-state index contributed by atoms with van der Waals surface area (Å²) in [5.41, 5.74) is 1.52. The molecule has 0 fully saturated rings. The molecule has 2 rings (SSSR count). The van der Waals surface area contributed by atoms with Crippen LogP contribution in [-0.2, 0) is 0 Å². The first-order valence-electron chi connectivity index (χ1n) is 6.01. The number of hydrogen-bond acceptors (Lipinski definition) is 4. The first kappa shape index (κ1) is 11.9. The third kappa shape index (κ3) is 3.46. The molecule has 0 bridgehead atoms. The van der Waals surface area contributed by atoms with Crippen molar-refractivity contribution in [3.8, 4) is 5.75 Å². The molecule has 0 unspecified atom stereocenters. The Kier molecular flexibility index (Phi) is 4.38. The van der Waals surface area contributed by atoms with Gasteiger partial charge in [-0.2, -0.15) is 0 Å². The number of ether oxygens (including phenoxy) is 1. The van der Waals surface area contributed by atoms with Crippen molar-refractivity contribution in [2.75, 3.05) is 32.1 Å². The highest BCUT2D eigenvalue weighted by atomic mass is 16.5. The molecule has 0 aromatic carbocycles. The molecule has 0 spiro atoms. The first-order valence-corrected chi connectivity index (χ1v) is 6.01. The van der Waals surface area contributed by atoms with Crippen molar-refractivity contribution in [2.45, 2.75) is 12.8 Å². The van der Waals surface area contributed by atoms with E-state index in [9.17, 15) is 0 Å². The molecule has 0 saturated carbocycles. The second-order valence-corrected chi connectivity index (χ2v) is 4.05. The zero-order chi connectivity index (χ0) is 11.9. The molecule has 0 amide bonds. The predicted molar refractivity (Wildman–Crippen MR) is 69.5 cm³/mol. The second-order valence-electron chi connectivity index (χ2n) is 4.05. The van der Waals surface area contributed by atoms with Crippen LogP contribution in [-0.4, -0.2) is 31.7 Å². The standard InChI is InChI=1S/C13H19N3O/c1-17-12-3-2-7-15-13(12)16-10-6-11-4-8-14-9-5-11/h2-4,7,14H,5-6,8-10H2,1H3,(H,15,16). The normalized spacial score (nSPS) is 15.2. The minimum absolute atomic E-state index is 0.798. The van der Waals surface area contributed by atoms with Gasteiger partial charge in [-0.25, -0.2) is 4.98 Å². The van der Waals surface area contributed by atoms with Gasteiger partial charge in [0.15, 0.2) is 11.6 Å². The van der Waals surface area contributed by atoms with E-state index in [-0.39, 0.29) is 0 Å². The maximum absolute atomic E-state index is 5.24. The average molecular weight is 233 g/mol. The third-order valence-corrected chi connectivity index (χ3v) is 2.89. The number of anilines is 1. The van der Waals surface area contributed by atoms with E-state index >= 15 is 0 Å². The molecule has 4 nitrogen and oxygen atoms in total. The summed E-state index contributed by atoms with van der Waals surface area (Å²) in [6.07, 6.45) is 6.28. The van der Waals surface area contributed by atoms with Gasteiger partial charge in [0.1, 0.15) is 0 Å². The van der Waals surface area contributed by atoms with Crippen molar-refractivity contribution < 1.29 is 4.74 Å². The van der Waals surface area contributed by atoms with Gasteiger partial charge in [0.25, 0.3) is 0 Å². The van der Waals surface area contributed by atoms with E-state index in [2.05, 4.69) is 21.7 Å². The minimum atomic E-state index is 0.798. The Morgan fingerprint density at radius 3 is 3.24 bits per heavy atom. The Hall–Kier alpha value is -1.55. The minimum Gasteiger partial charge on any atom is -0.493 e. The summed E-state index contributed by atoms with van der Waals surface area (Å²) >= 11 is 0. The van der Waals surface area contributed by atoms with Gasteiger partial charge in [-0.15, -0.1) is 0 Å². The van der Waals surface area contributed by atoms with E-state index in [0.717, 1.165) is 44.0 Å². The Labute approximate surface area is 102 Å². The van der Waals surface area contributed by atoms with Gasteiger partial charge in [0.2, 0.25) is 0 Å². The fourth-order valence-electron chi connectivity index (χ4n) is 1.93. The van der Waals surface area contributed by atoms with E-state index in [4.69, 9.17) is 4.74 Å². The van der Waals surface area contributed by atoms with Crippen molar-refractivity contribution >= 4 is 5.82 Å². The largest absolute Gasteiger partial charge is 0.493 e. The highest BCUT2D eigenvalue weighted by molar-refractivity contribution is 5.49. The Balaban J connectivity index is 1.83. The Bertz CT molecular complexity index is 390. The summed E-state index contributed by atoms with van der Waals surface area (Å²) in [6.45, 7) is 3.00. The molecule has 2 heterocycles. The SMILES string of the molecule is COc1cccnc1NCCC1=CCNCC1. The molecule has 1 aromatic rings. The molecule has 2 N–H and O–H groups in total. The molecular weight excluding hydrogens is 214 g/mol. The third-order valence-electron chi connectivity index (χ3n) is 2.89. The van der Waals surface area contributed by atoms with Crippen molar-refractivity contribution in [2.24, 2.45) is 0 Å². The van der Waals surface area contributed by atoms with E-state index in [1.807, 2.05) is 12.1 Å². The lowest BCUT2D eigenvalue weighted by Crippen LogP contribution is -2.21. The summed E-state index contributed by atoms with van der Waals surface area (Å²) in [6, 6.07) is 3.79. The number of methoxy groups -OCH3 is 1. The first-order chi connectivity index (χ1) is 8.40. The summed E-state index contributed by atoms with van der Waals surface area (Å²) < 4.78 is 5.24. The monoisotopic (exact) mass is 233 g/mol. The molecule has 0 atom stereocenters. The predicted octanol–water partition coefficient (Wildman–Crippen LogP) is 1.81. The number of nitrogens with zero attached hydrogens (tertiary/aromatic N) is 1. The molecule has 1 aromatic heterocycles. The molecule has 0 aliphatic carbocycles. The van der Waals surface area contributed by atoms with Gasteiger partial charge in [-0.05, 0) is 31.5 Å².